The molecule has 1 aromatic carbocycles. The van der Waals surface area contributed by atoms with E-state index >= 15 is 0 Å². The maximum Gasteiger partial charge on any atom is 0.328 e. The first-order valence-electron chi connectivity index (χ1n) is 6.94. The lowest BCUT2D eigenvalue weighted by Crippen LogP contribution is -2.47. The van der Waals surface area contributed by atoms with E-state index in [1.54, 1.807) is 13.2 Å². The summed E-state index contributed by atoms with van der Waals surface area (Å²) in [6, 6.07) is 5.94. The van der Waals surface area contributed by atoms with Gasteiger partial charge in [0.2, 0.25) is 0 Å². The van der Waals surface area contributed by atoms with Crippen molar-refractivity contribution in [3.8, 4) is 0 Å². The van der Waals surface area contributed by atoms with Crippen LogP contribution in [0.5, 0.6) is 0 Å². The van der Waals surface area contributed by atoms with Crippen molar-refractivity contribution in [3.05, 3.63) is 34.3 Å². The van der Waals surface area contributed by atoms with Gasteiger partial charge in [-0.2, -0.15) is 0 Å². The van der Waals surface area contributed by atoms with Gasteiger partial charge in [0.1, 0.15) is 0 Å². The molecule has 1 aliphatic rings. The van der Waals surface area contributed by atoms with Gasteiger partial charge in [0.15, 0.2) is 0 Å². The summed E-state index contributed by atoms with van der Waals surface area (Å²) in [5.41, 5.74) is 1.78. The largest absolute Gasteiger partial charge is 0.478 e. The van der Waals surface area contributed by atoms with Crippen LogP contribution >= 0.6 is 15.9 Å². The van der Waals surface area contributed by atoms with E-state index in [4.69, 9.17) is 9.84 Å². The number of nitrogens with zero attached hydrogens (tertiary/aromatic N) is 1. The second-order valence-electron chi connectivity index (χ2n) is 5.55. The lowest BCUT2D eigenvalue weighted by atomic mass is 9.94. The van der Waals surface area contributed by atoms with Crippen LogP contribution in [-0.2, 0) is 9.53 Å². The van der Waals surface area contributed by atoms with E-state index in [0.29, 0.717) is 0 Å². The summed E-state index contributed by atoms with van der Waals surface area (Å²) in [5, 5.41) is 8.83. The van der Waals surface area contributed by atoms with Crippen molar-refractivity contribution in [3.63, 3.8) is 0 Å². The molecule has 2 rings (SSSR count). The highest BCUT2D eigenvalue weighted by Gasteiger charge is 2.31. The third-order valence-electron chi connectivity index (χ3n) is 3.89. The Morgan fingerprint density at radius 1 is 1.52 bits per heavy atom. The Morgan fingerprint density at radius 2 is 2.29 bits per heavy atom. The van der Waals surface area contributed by atoms with Crippen molar-refractivity contribution < 1.29 is 14.6 Å². The SMILES string of the molecule is COC1(C)CCCN(c2ccc(Br)cc2/C=C/C(=O)O)C1. The molecule has 1 aromatic rings. The molecule has 4 nitrogen and oxygen atoms in total. The molecule has 1 N–H and O–H groups in total. The normalized spacial score (nSPS) is 22.7. The summed E-state index contributed by atoms with van der Waals surface area (Å²) >= 11 is 3.44. The third-order valence-corrected chi connectivity index (χ3v) is 4.38. The number of carboxylic acids is 1. The maximum atomic E-state index is 10.8. The van der Waals surface area contributed by atoms with Crippen molar-refractivity contribution in [2.24, 2.45) is 0 Å². The van der Waals surface area contributed by atoms with Crippen LogP contribution in [0.25, 0.3) is 6.08 Å². The van der Waals surface area contributed by atoms with Crippen LogP contribution in [-0.4, -0.2) is 36.9 Å². The molecule has 1 saturated heterocycles. The number of rotatable bonds is 4. The number of halogens is 1. The summed E-state index contributed by atoms with van der Waals surface area (Å²) < 4.78 is 6.56. The Hall–Kier alpha value is -1.33. The lowest BCUT2D eigenvalue weighted by Gasteiger charge is -2.41. The molecule has 1 unspecified atom stereocenters. The second kappa shape index (κ2) is 6.62. The average molecular weight is 354 g/mol. The van der Waals surface area contributed by atoms with E-state index in [1.165, 1.54) is 6.08 Å². The van der Waals surface area contributed by atoms with E-state index in [2.05, 4.69) is 27.8 Å². The fourth-order valence-electron chi connectivity index (χ4n) is 2.69. The van der Waals surface area contributed by atoms with Crippen LogP contribution < -0.4 is 4.90 Å². The van der Waals surface area contributed by atoms with Crippen molar-refractivity contribution in [2.75, 3.05) is 25.1 Å². The van der Waals surface area contributed by atoms with Gasteiger partial charge < -0.3 is 14.7 Å². The van der Waals surface area contributed by atoms with E-state index in [0.717, 1.165) is 41.7 Å². The van der Waals surface area contributed by atoms with Crippen LogP contribution in [0, 0.1) is 0 Å². The molecule has 0 bridgehead atoms. The third kappa shape index (κ3) is 4.08. The highest BCUT2D eigenvalue weighted by molar-refractivity contribution is 9.10. The Labute approximate surface area is 133 Å². The standard InChI is InChI=1S/C16H20BrNO3/c1-16(21-2)8-3-9-18(11-16)14-6-5-13(17)10-12(14)4-7-15(19)20/h4-7,10H,3,8-9,11H2,1-2H3,(H,19,20)/b7-4+. The van der Waals surface area contributed by atoms with Gasteiger partial charge in [-0.05, 0) is 49.6 Å². The first-order valence-corrected chi connectivity index (χ1v) is 7.73. The summed E-state index contributed by atoms with van der Waals surface area (Å²) in [7, 11) is 1.75. The minimum Gasteiger partial charge on any atom is -0.478 e. The smallest absolute Gasteiger partial charge is 0.328 e. The maximum absolute atomic E-state index is 10.8. The molecule has 1 heterocycles. The minimum atomic E-state index is -0.943. The lowest BCUT2D eigenvalue weighted by molar-refractivity contribution is -0.131. The summed E-state index contributed by atoms with van der Waals surface area (Å²) in [4.78, 5) is 13.0. The van der Waals surface area contributed by atoms with Crippen molar-refractivity contribution in [1.82, 2.24) is 0 Å². The topological polar surface area (TPSA) is 49.8 Å². The summed E-state index contributed by atoms with van der Waals surface area (Å²) in [5.74, 6) is -0.943. The van der Waals surface area contributed by atoms with Gasteiger partial charge in [0.05, 0.1) is 5.60 Å². The molecular formula is C16H20BrNO3. The fraction of sp³-hybridized carbons (Fsp3) is 0.438. The van der Waals surface area contributed by atoms with Crippen LogP contribution in [0.3, 0.4) is 0 Å². The van der Waals surface area contributed by atoms with Gasteiger partial charge in [-0.15, -0.1) is 0 Å². The molecule has 21 heavy (non-hydrogen) atoms. The zero-order chi connectivity index (χ0) is 15.5. The summed E-state index contributed by atoms with van der Waals surface area (Å²) in [6.45, 7) is 3.87. The Bertz CT molecular complexity index is 558. The highest BCUT2D eigenvalue weighted by atomic mass is 79.9. The Balaban J connectivity index is 2.32. The van der Waals surface area contributed by atoms with Gasteiger partial charge in [-0.25, -0.2) is 4.79 Å². The first kappa shape index (κ1) is 16.0. The van der Waals surface area contributed by atoms with Gasteiger partial charge in [0, 0.05) is 36.4 Å². The van der Waals surface area contributed by atoms with Crippen LogP contribution in [0.1, 0.15) is 25.3 Å². The molecule has 1 fully saturated rings. The minimum absolute atomic E-state index is 0.154. The number of benzene rings is 1. The van der Waals surface area contributed by atoms with Gasteiger partial charge in [0.25, 0.3) is 0 Å². The number of hydrogen-bond donors (Lipinski definition) is 1. The van der Waals surface area contributed by atoms with Crippen molar-refractivity contribution in [1.29, 1.82) is 0 Å². The molecule has 0 aliphatic carbocycles. The number of ether oxygens (including phenoxy) is 1. The number of methoxy groups -OCH3 is 1. The predicted molar refractivity (Wildman–Crippen MR) is 87.7 cm³/mol. The van der Waals surface area contributed by atoms with Gasteiger partial charge in [-0.1, -0.05) is 15.9 Å². The molecule has 5 heteroatoms. The van der Waals surface area contributed by atoms with E-state index in [9.17, 15) is 4.79 Å². The van der Waals surface area contributed by atoms with E-state index < -0.39 is 5.97 Å². The summed E-state index contributed by atoms with van der Waals surface area (Å²) in [6.07, 6.45) is 4.91. The van der Waals surface area contributed by atoms with Crippen molar-refractivity contribution >= 4 is 33.7 Å². The monoisotopic (exact) mass is 353 g/mol. The van der Waals surface area contributed by atoms with Gasteiger partial charge in [-0.3, -0.25) is 0 Å². The molecule has 0 spiro atoms. The van der Waals surface area contributed by atoms with E-state index in [1.807, 2.05) is 18.2 Å². The van der Waals surface area contributed by atoms with Crippen LogP contribution in [0.2, 0.25) is 0 Å². The molecule has 0 radical (unpaired) electrons. The van der Waals surface area contributed by atoms with Crippen LogP contribution in [0.15, 0.2) is 28.7 Å². The van der Waals surface area contributed by atoms with E-state index in [-0.39, 0.29) is 5.60 Å². The zero-order valence-electron chi connectivity index (χ0n) is 12.3. The highest BCUT2D eigenvalue weighted by Crippen LogP contribution is 2.32. The van der Waals surface area contributed by atoms with Crippen LogP contribution in [0.4, 0.5) is 5.69 Å². The Morgan fingerprint density at radius 3 is 2.95 bits per heavy atom. The second-order valence-corrected chi connectivity index (χ2v) is 6.47. The predicted octanol–water partition coefficient (Wildman–Crippen LogP) is 3.55. The molecule has 0 amide bonds. The Kier molecular flexibility index (Phi) is 5.06. The number of carbonyl (C=O) groups is 1. The number of aliphatic carboxylic acids is 1. The van der Waals surface area contributed by atoms with Crippen molar-refractivity contribution in [2.45, 2.75) is 25.4 Å². The number of anilines is 1. The fourth-order valence-corrected chi connectivity index (χ4v) is 3.06. The average Bonchev–Trinajstić information content (AvgIpc) is 2.45. The number of piperidine rings is 1. The molecule has 0 aromatic heterocycles. The number of carboxylic acid groups (broad SMARTS) is 1. The quantitative estimate of drug-likeness (QED) is 0.841. The molecular weight excluding hydrogens is 334 g/mol. The molecule has 114 valence electrons. The zero-order valence-corrected chi connectivity index (χ0v) is 13.9. The van der Waals surface area contributed by atoms with Gasteiger partial charge >= 0.3 is 5.97 Å². The molecule has 1 atom stereocenters. The number of hydrogen-bond acceptors (Lipinski definition) is 3. The first-order chi connectivity index (χ1) is 9.93. The molecule has 0 saturated carbocycles. The molecule has 1 aliphatic heterocycles.